The third-order valence-electron chi connectivity index (χ3n) is 3.50. The number of thiol groups is 1. The SMILES string of the molecule is Nc1c(Cl)cccc1NC(=O)N(S)c1ccc(OC(=O)c2ccco2)cc1. The second kappa shape index (κ2) is 8.07. The molecule has 0 fully saturated rings. The summed E-state index contributed by atoms with van der Waals surface area (Å²) in [6.45, 7) is 0. The smallest absolute Gasteiger partial charge is 0.379 e. The molecule has 7 nitrogen and oxygen atoms in total. The zero-order valence-corrected chi connectivity index (χ0v) is 15.4. The summed E-state index contributed by atoms with van der Waals surface area (Å²) in [6.07, 6.45) is 1.38. The van der Waals surface area contributed by atoms with Crippen molar-refractivity contribution in [3.63, 3.8) is 0 Å². The predicted octanol–water partition coefficient (Wildman–Crippen LogP) is 4.62. The van der Waals surface area contributed by atoms with Crippen LogP contribution in [0.25, 0.3) is 0 Å². The summed E-state index contributed by atoms with van der Waals surface area (Å²) in [5.41, 5.74) is 6.91. The van der Waals surface area contributed by atoms with Gasteiger partial charge in [0.25, 0.3) is 0 Å². The predicted molar refractivity (Wildman–Crippen MR) is 106 cm³/mol. The highest BCUT2D eigenvalue weighted by molar-refractivity contribution is 7.82. The van der Waals surface area contributed by atoms with E-state index < -0.39 is 12.0 Å². The third-order valence-corrected chi connectivity index (χ3v) is 4.24. The van der Waals surface area contributed by atoms with Crippen LogP contribution in [-0.2, 0) is 0 Å². The lowest BCUT2D eigenvalue weighted by atomic mass is 10.2. The number of nitrogen functional groups attached to an aromatic ring is 1. The Morgan fingerprint density at radius 2 is 1.85 bits per heavy atom. The van der Waals surface area contributed by atoms with Crippen LogP contribution in [0.1, 0.15) is 10.6 Å². The van der Waals surface area contributed by atoms with Gasteiger partial charge < -0.3 is 20.2 Å². The lowest BCUT2D eigenvalue weighted by molar-refractivity contribution is 0.0701. The van der Waals surface area contributed by atoms with Crippen molar-refractivity contribution in [2.75, 3.05) is 15.4 Å². The van der Waals surface area contributed by atoms with E-state index in [4.69, 9.17) is 26.5 Å². The van der Waals surface area contributed by atoms with Crippen molar-refractivity contribution in [3.05, 3.63) is 71.6 Å². The Morgan fingerprint density at radius 3 is 2.52 bits per heavy atom. The summed E-state index contributed by atoms with van der Waals surface area (Å²) in [7, 11) is 0. The molecule has 0 saturated heterocycles. The number of amides is 2. The average molecular weight is 404 g/mol. The van der Waals surface area contributed by atoms with Gasteiger partial charge in [-0.05, 0) is 48.5 Å². The normalized spacial score (nSPS) is 10.3. The molecule has 0 aliphatic carbocycles. The van der Waals surface area contributed by atoms with E-state index in [2.05, 4.69) is 18.1 Å². The minimum atomic E-state index is -0.621. The molecule has 0 aliphatic rings. The Bertz CT molecular complexity index is 961. The quantitative estimate of drug-likeness (QED) is 0.255. The van der Waals surface area contributed by atoms with Crippen LogP contribution < -0.4 is 20.1 Å². The maximum absolute atomic E-state index is 12.3. The molecule has 3 N–H and O–H groups in total. The van der Waals surface area contributed by atoms with Crippen molar-refractivity contribution < 1.29 is 18.7 Å². The number of anilines is 3. The third kappa shape index (κ3) is 4.36. The first-order valence-corrected chi connectivity index (χ1v) is 8.43. The van der Waals surface area contributed by atoms with Crippen molar-refractivity contribution in [2.24, 2.45) is 0 Å². The number of ether oxygens (including phenoxy) is 1. The second-order valence-corrected chi connectivity index (χ2v) is 6.11. The number of halogens is 1. The number of hydrogen-bond donors (Lipinski definition) is 3. The van der Waals surface area contributed by atoms with Crippen LogP contribution in [0.5, 0.6) is 5.75 Å². The number of furan rings is 1. The van der Waals surface area contributed by atoms with Gasteiger partial charge in [-0.2, -0.15) is 0 Å². The number of esters is 1. The first-order chi connectivity index (χ1) is 13.0. The fraction of sp³-hybridized carbons (Fsp3) is 0. The number of carbonyl (C=O) groups is 2. The molecule has 3 aromatic rings. The number of rotatable bonds is 4. The maximum atomic E-state index is 12.3. The minimum Gasteiger partial charge on any atom is -0.457 e. The van der Waals surface area contributed by atoms with Crippen LogP contribution in [0.15, 0.2) is 65.3 Å². The summed E-state index contributed by atoms with van der Waals surface area (Å²) in [5.74, 6) is -0.237. The van der Waals surface area contributed by atoms with Gasteiger partial charge >= 0.3 is 12.0 Å². The van der Waals surface area contributed by atoms with Crippen LogP contribution in [-0.4, -0.2) is 12.0 Å². The Balaban J connectivity index is 1.66. The monoisotopic (exact) mass is 403 g/mol. The summed E-state index contributed by atoms with van der Waals surface area (Å²) in [5, 5.41) is 2.95. The van der Waals surface area contributed by atoms with E-state index >= 15 is 0 Å². The van der Waals surface area contributed by atoms with Gasteiger partial charge in [0, 0.05) is 0 Å². The van der Waals surface area contributed by atoms with Crippen LogP contribution in [0.4, 0.5) is 21.9 Å². The summed E-state index contributed by atoms with van der Waals surface area (Å²) < 4.78 is 11.2. The van der Waals surface area contributed by atoms with Gasteiger partial charge in [-0.3, -0.25) is 0 Å². The van der Waals surface area contributed by atoms with E-state index in [1.165, 1.54) is 24.5 Å². The molecule has 0 saturated carbocycles. The number of carbonyl (C=O) groups excluding carboxylic acids is 2. The molecule has 0 radical (unpaired) electrons. The number of urea groups is 1. The molecule has 0 unspecified atom stereocenters. The van der Waals surface area contributed by atoms with Gasteiger partial charge in [0.2, 0.25) is 5.76 Å². The molecule has 0 spiro atoms. The van der Waals surface area contributed by atoms with E-state index in [0.717, 1.165) is 4.31 Å². The number of para-hydroxylation sites is 1. The van der Waals surface area contributed by atoms with Crippen LogP contribution in [0, 0.1) is 0 Å². The molecule has 138 valence electrons. The summed E-state index contributed by atoms with van der Waals surface area (Å²) in [6, 6.07) is 13.7. The largest absolute Gasteiger partial charge is 0.457 e. The Kier molecular flexibility index (Phi) is 5.58. The molecular weight excluding hydrogens is 390 g/mol. The maximum Gasteiger partial charge on any atom is 0.379 e. The molecule has 1 aromatic heterocycles. The standard InChI is InChI=1S/C18H14ClN3O4S/c19-13-3-1-4-14(16(13)20)21-18(24)22(27)11-6-8-12(9-7-11)26-17(23)15-5-2-10-25-15/h1-10,27H,20H2,(H,21,24). The molecule has 0 aliphatic heterocycles. The van der Waals surface area contributed by atoms with Gasteiger partial charge in [0.15, 0.2) is 0 Å². The highest BCUT2D eigenvalue weighted by Crippen LogP contribution is 2.28. The lowest BCUT2D eigenvalue weighted by Gasteiger charge is -2.18. The van der Waals surface area contributed by atoms with Gasteiger partial charge in [-0.1, -0.05) is 30.5 Å². The lowest BCUT2D eigenvalue weighted by Crippen LogP contribution is -2.27. The van der Waals surface area contributed by atoms with E-state index in [1.54, 1.807) is 36.4 Å². The Morgan fingerprint density at radius 1 is 1.11 bits per heavy atom. The first kappa shape index (κ1) is 18.7. The molecule has 2 aromatic carbocycles. The fourth-order valence-corrected chi connectivity index (χ4v) is 2.50. The molecular formula is C18H14ClN3O4S. The van der Waals surface area contributed by atoms with E-state index in [-0.39, 0.29) is 11.4 Å². The van der Waals surface area contributed by atoms with Crippen molar-refractivity contribution in [3.8, 4) is 5.75 Å². The molecule has 2 amide bonds. The van der Waals surface area contributed by atoms with E-state index in [9.17, 15) is 9.59 Å². The van der Waals surface area contributed by atoms with Crippen molar-refractivity contribution in [1.82, 2.24) is 0 Å². The van der Waals surface area contributed by atoms with E-state index in [1.807, 2.05) is 0 Å². The van der Waals surface area contributed by atoms with Crippen molar-refractivity contribution >= 4 is 53.5 Å². The van der Waals surface area contributed by atoms with Gasteiger partial charge in [-0.25, -0.2) is 13.9 Å². The van der Waals surface area contributed by atoms with Crippen LogP contribution in [0.2, 0.25) is 5.02 Å². The minimum absolute atomic E-state index is 0.0911. The fourth-order valence-electron chi connectivity index (χ4n) is 2.14. The Hall–Kier alpha value is -3.10. The number of nitrogens with two attached hydrogens (primary N) is 1. The van der Waals surface area contributed by atoms with Crippen molar-refractivity contribution in [1.29, 1.82) is 0 Å². The molecule has 3 rings (SSSR count). The molecule has 0 atom stereocenters. The van der Waals surface area contributed by atoms with Crippen molar-refractivity contribution in [2.45, 2.75) is 0 Å². The molecule has 1 heterocycles. The first-order valence-electron chi connectivity index (χ1n) is 7.65. The number of benzene rings is 2. The number of nitrogens with one attached hydrogen (secondary N) is 1. The zero-order valence-electron chi connectivity index (χ0n) is 13.8. The Labute approximate surface area is 165 Å². The summed E-state index contributed by atoms with van der Waals surface area (Å²) in [4.78, 5) is 24.2. The summed E-state index contributed by atoms with van der Waals surface area (Å²) >= 11 is 10.1. The topological polar surface area (TPSA) is 97.8 Å². The number of nitrogens with zero attached hydrogens (tertiary/aromatic N) is 1. The van der Waals surface area contributed by atoms with Gasteiger partial charge in [-0.15, -0.1) is 0 Å². The molecule has 0 bridgehead atoms. The highest BCUT2D eigenvalue weighted by Gasteiger charge is 2.16. The zero-order chi connectivity index (χ0) is 19.4. The van der Waals surface area contributed by atoms with Gasteiger partial charge in [0.1, 0.15) is 5.75 Å². The van der Waals surface area contributed by atoms with Crippen LogP contribution >= 0.6 is 24.4 Å². The van der Waals surface area contributed by atoms with E-state index in [0.29, 0.717) is 22.1 Å². The second-order valence-electron chi connectivity index (χ2n) is 5.30. The van der Waals surface area contributed by atoms with Crippen LogP contribution in [0.3, 0.4) is 0 Å². The number of hydrogen-bond acceptors (Lipinski definition) is 6. The highest BCUT2D eigenvalue weighted by atomic mass is 35.5. The van der Waals surface area contributed by atoms with Gasteiger partial charge in [0.05, 0.1) is 28.3 Å². The molecule has 9 heteroatoms. The average Bonchev–Trinajstić information content (AvgIpc) is 3.20. The molecule has 27 heavy (non-hydrogen) atoms.